The molecule has 0 aromatic heterocycles. The zero-order valence-electron chi connectivity index (χ0n) is 15.1. The summed E-state index contributed by atoms with van der Waals surface area (Å²) in [6.45, 7) is 2.04. The molecule has 142 valence electrons. The molecule has 0 saturated heterocycles. The highest BCUT2D eigenvalue weighted by Gasteiger charge is 2.72. The number of sulfone groups is 2. The molecule has 1 aliphatic carbocycles. The molecule has 0 spiro atoms. The monoisotopic (exact) mass is 402 g/mol. The van der Waals surface area contributed by atoms with E-state index in [9.17, 15) is 16.8 Å². The van der Waals surface area contributed by atoms with E-state index >= 15 is 0 Å². The number of unbranched alkanes of at least 4 members (excludes halogenated alkanes) is 2. The summed E-state index contributed by atoms with van der Waals surface area (Å²) in [7, 11) is -8.23. The third-order valence-electron chi connectivity index (χ3n) is 4.81. The highest BCUT2D eigenvalue weighted by atomic mass is 32.3. The highest BCUT2D eigenvalue weighted by molar-refractivity contribution is 8.11. The van der Waals surface area contributed by atoms with E-state index in [0.29, 0.717) is 6.42 Å². The predicted octanol–water partition coefficient (Wildman–Crippen LogP) is 3.84. The zero-order chi connectivity index (χ0) is 19.5. The highest BCUT2D eigenvalue weighted by Crippen LogP contribution is 2.58. The van der Waals surface area contributed by atoms with Crippen LogP contribution in [0.5, 0.6) is 0 Å². The van der Waals surface area contributed by atoms with Crippen LogP contribution in [0.1, 0.15) is 32.6 Å². The van der Waals surface area contributed by atoms with Gasteiger partial charge in [-0.25, -0.2) is 16.8 Å². The van der Waals surface area contributed by atoms with E-state index in [1.165, 1.54) is 24.3 Å². The standard InChI is InChI=1S/C21H22O4S2/c1-2-3-4-7-12-18-17-21(18,26(22,23)19-13-8-5-9-14-19)27(24,25)20-15-10-6-11-16-20/h5-6,8-11,13-16,18H,2-4,17H2,1H3. The van der Waals surface area contributed by atoms with Crippen molar-refractivity contribution in [2.75, 3.05) is 0 Å². The molecular weight excluding hydrogens is 380 g/mol. The first-order valence-electron chi connectivity index (χ1n) is 8.95. The Kier molecular flexibility index (Phi) is 5.45. The van der Waals surface area contributed by atoms with Gasteiger partial charge in [-0.05, 0) is 37.1 Å². The van der Waals surface area contributed by atoms with Crippen LogP contribution in [0.2, 0.25) is 0 Å². The van der Waals surface area contributed by atoms with E-state index in [2.05, 4.69) is 11.8 Å². The van der Waals surface area contributed by atoms with Crippen molar-refractivity contribution < 1.29 is 16.8 Å². The molecule has 2 aromatic carbocycles. The second kappa shape index (κ2) is 7.49. The second-order valence-electron chi connectivity index (χ2n) is 6.63. The van der Waals surface area contributed by atoms with Gasteiger partial charge in [0, 0.05) is 6.42 Å². The normalized spacial score (nSPS) is 18.3. The van der Waals surface area contributed by atoms with E-state index in [0.717, 1.165) is 12.8 Å². The van der Waals surface area contributed by atoms with Gasteiger partial charge < -0.3 is 0 Å². The summed E-state index contributed by atoms with van der Waals surface area (Å²) in [5.41, 5.74) is 0. The quantitative estimate of drug-likeness (QED) is 0.544. The lowest BCUT2D eigenvalue weighted by Gasteiger charge is -2.18. The Morgan fingerprint density at radius 2 is 1.37 bits per heavy atom. The average molecular weight is 403 g/mol. The molecule has 0 radical (unpaired) electrons. The number of rotatable bonds is 6. The Balaban J connectivity index is 2.11. The van der Waals surface area contributed by atoms with Crippen LogP contribution >= 0.6 is 0 Å². The van der Waals surface area contributed by atoms with E-state index in [1.807, 2.05) is 6.92 Å². The molecule has 0 heterocycles. The zero-order valence-corrected chi connectivity index (χ0v) is 16.8. The summed E-state index contributed by atoms with van der Waals surface area (Å²) in [5, 5.41) is 0. The summed E-state index contributed by atoms with van der Waals surface area (Å²) in [5.74, 6) is 5.18. The van der Waals surface area contributed by atoms with Crippen molar-refractivity contribution in [2.45, 2.75) is 46.5 Å². The van der Waals surface area contributed by atoms with Crippen LogP contribution in [0.3, 0.4) is 0 Å². The van der Waals surface area contributed by atoms with Crippen molar-refractivity contribution in [3.8, 4) is 11.8 Å². The van der Waals surface area contributed by atoms with Crippen LogP contribution in [0.15, 0.2) is 70.5 Å². The van der Waals surface area contributed by atoms with Crippen LogP contribution in [-0.2, 0) is 19.7 Å². The minimum atomic E-state index is -4.12. The third-order valence-corrected chi connectivity index (χ3v) is 10.6. The minimum Gasteiger partial charge on any atom is -0.222 e. The summed E-state index contributed by atoms with van der Waals surface area (Å²) < 4.78 is 51.6. The van der Waals surface area contributed by atoms with E-state index < -0.39 is 29.7 Å². The first-order valence-corrected chi connectivity index (χ1v) is 11.9. The maximum absolute atomic E-state index is 13.4. The summed E-state index contributed by atoms with van der Waals surface area (Å²) in [6.07, 6.45) is 2.53. The lowest BCUT2D eigenvalue weighted by atomic mass is 10.2. The third kappa shape index (κ3) is 3.30. The van der Waals surface area contributed by atoms with E-state index in [4.69, 9.17) is 0 Å². The van der Waals surface area contributed by atoms with Crippen molar-refractivity contribution >= 4 is 19.7 Å². The van der Waals surface area contributed by atoms with Crippen molar-refractivity contribution in [1.82, 2.24) is 0 Å². The first kappa shape index (κ1) is 19.7. The molecule has 4 nitrogen and oxygen atoms in total. The molecule has 0 bridgehead atoms. The molecule has 0 aliphatic heterocycles. The van der Waals surface area contributed by atoms with Crippen LogP contribution in [0, 0.1) is 17.8 Å². The van der Waals surface area contributed by atoms with Crippen molar-refractivity contribution in [1.29, 1.82) is 0 Å². The molecule has 1 fully saturated rings. The lowest BCUT2D eigenvalue weighted by Crippen LogP contribution is -2.35. The largest absolute Gasteiger partial charge is 0.222 e. The Morgan fingerprint density at radius 3 is 1.81 bits per heavy atom. The molecule has 0 amide bonds. The fourth-order valence-corrected chi connectivity index (χ4v) is 8.38. The van der Waals surface area contributed by atoms with E-state index in [1.54, 1.807) is 36.4 Å². The minimum absolute atomic E-state index is 0.000576. The molecule has 2 aromatic rings. The van der Waals surface area contributed by atoms with Gasteiger partial charge in [0.2, 0.25) is 0 Å². The van der Waals surface area contributed by atoms with Crippen LogP contribution < -0.4 is 0 Å². The molecule has 1 saturated carbocycles. The SMILES string of the molecule is CCCCC#CC1CC1(S(=O)(=O)c1ccccc1)S(=O)(=O)c1ccccc1. The Hall–Kier alpha value is -2.10. The lowest BCUT2D eigenvalue weighted by molar-refractivity contribution is 0.570. The van der Waals surface area contributed by atoms with E-state index in [-0.39, 0.29) is 16.2 Å². The summed E-state index contributed by atoms with van der Waals surface area (Å²) >= 11 is 0. The molecule has 27 heavy (non-hydrogen) atoms. The number of benzene rings is 2. The van der Waals surface area contributed by atoms with Gasteiger partial charge in [0.25, 0.3) is 0 Å². The van der Waals surface area contributed by atoms with Crippen LogP contribution in [0.4, 0.5) is 0 Å². The van der Waals surface area contributed by atoms with Crippen molar-refractivity contribution in [3.05, 3.63) is 60.7 Å². The fraction of sp³-hybridized carbons (Fsp3) is 0.333. The van der Waals surface area contributed by atoms with Gasteiger partial charge >= 0.3 is 0 Å². The topological polar surface area (TPSA) is 68.3 Å². The van der Waals surface area contributed by atoms with Crippen molar-refractivity contribution in [2.24, 2.45) is 5.92 Å². The summed E-state index contributed by atoms with van der Waals surface area (Å²) in [4.78, 5) is 0.0322. The smallest absolute Gasteiger partial charge is 0.200 e. The van der Waals surface area contributed by atoms with Gasteiger partial charge in [0.05, 0.1) is 15.7 Å². The molecule has 3 rings (SSSR count). The molecular formula is C21H22O4S2. The molecule has 6 heteroatoms. The van der Waals surface area contributed by atoms with Gasteiger partial charge in [-0.2, -0.15) is 0 Å². The molecule has 1 unspecified atom stereocenters. The number of hydrogen-bond acceptors (Lipinski definition) is 4. The maximum atomic E-state index is 13.4. The van der Waals surface area contributed by atoms with Gasteiger partial charge in [-0.15, -0.1) is 5.92 Å². The molecule has 1 aliphatic rings. The summed E-state index contributed by atoms with van der Waals surface area (Å²) in [6, 6.07) is 15.6. The average Bonchev–Trinajstić information content (AvgIpc) is 3.44. The second-order valence-corrected chi connectivity index (χ2v) is 11.3. The van der Waals surface area contributed by atoms with Gasteiger partial charge in [0.1, 0.15) is 0 Å². The first-order chi connectivity index (χ1) is 12.9. The molecule has 1 atom stereocenters. The van der Waals surface area contributed by atoms with Crippen LogP contribution in [-0.4, -0.2) is 20.9 Å². The van der Waals surface area contributed by atoms with Gasteiger partial charge in [0.15, 0.2) is 23.8 Å². The van der Waals surface area contributed by atoms with Gasteiger partial charge in [-0.3, -0.25) is 0 Å². The maximum Gasteiger partial charge on any atom is 0.200 e. The van der Waals surface area contributed by atoms with Gasteiger partial charge in [-0.1, -0.05) is 55.7 Å². The Morgan fingerprint density at radius 1 is 0.889 bits per heavy atom. The van der Waals surface area contributed by atoms with Crippen LogP contribution in [0.25, 0.3) is 0 Å². The fourth-order valence-electron chi connectivity index (χ4n) is 3.18. The Labute approximate surface area is 161 Å². The van der Waals surface area contributed by atoms with Crippen molar-refractivity contribution in [3.63, 3.8) is 0 Å². The number of hydrogen-bond donors (Lipinski definition) is 0. The Bertz CT molecular complexity index is 992. The molecule has 0 N–H and O–H groups in total. The predicted molar refractivity (Wildman–Crippen MR) is 105 cm³/mol.